The van der Waals surface area contributed by atoms with Gasteiger partial charge in [-0.05, 0) is 31.4 Å². The third kappa shape index (κ3) is 2.88. The van der Waals surface area contributed by atoms with E-state index in [0.29, 0.717) is 10.7 Å². The van der Waals surface area contributed by atoms with Crippen molar-refractivity contribution in [1.29, 1.82) is 0 Å². The molecule has 3 rings (SSSR count). The molecule has 0 bridgehead atoms. The van der Waals surface area contributed by atoms with Crippen LogP contribution in [0.1, 0.15) is 26.6 Å². The zero-order chi connectivity index (χ0) is 14.8. The fourth-order valence-electron chi connectivity index (χ4n) is 2.22. The smallest absolute Gasteiger partial charge is 0.259 e. The van der Waals surface area contributed by atoms with E-state index >= 15 is 0 Å². The van der Waals surface area contributed by atoms with Crippen LogP contribution in [-0.2, 0) is 6.54 Å². The lowest BCUT2D eigenvalue weighted by atomic mass is 10.2. The number of nitrogens with zero attached hydrogens (tertiary/aromatic N) is 3. The van der Waals surface area contributed by atoms with Gasteiger partial charge in [-0.1, -0.05) is 17.4 Å². The van der Waals surface area contributed by atoms with Crippen LogP contribution in [0.5, 0.6) is 0 Å². The molecule has 5 nitrogen and oxygen atoms in total. The second kappa shape index (κ2) is 5.79. The fraction of sp³-hybridized carbons (Fsp3) is 0.214. The minimum absolute atomic E-state index is 0.141. The molecule has 0 unspecified atom stereocenters. The molecule has 0 aromatic carbocycles. The Morgan fingerprint density at radius 3 is 2.90 bits per heavy atom. The maximum absolute atomic E-state index is 12.3. The number of rotatable bonds is 4. The van der Waals surface area contributed by atoms with Crippen LogP contribution in [0.4, 0.5) is 5.13 Å². The number of aryl methyl sites for hydroxylation is 1. The molecule has 0 fully saturated rings. The van der Waals surface area contributed by atoms with Crippen molar-refractivity contribution in [3.05, 3.63) is 50.9 Å². The van der Waals surface area contributed by atoms with Crippen molar-refractivity contribution in [2.24, 2.45) is 0 Å². The number of carbonyl (C=O) groups is 1. The molecule has 0 atom stereocenters. The van der Waals surface area contributed by atoms with Crippen molar-refractivity contribution in [2.75, 3.05) is 5.32 Å². The standard InChI is InChI=1S/C14H14N4OS2/c1-9-6-12(13(19)16-14-17-15-8-21-14)10(2)18(9)7-11-4-3-5-20-11/h3-6,8H,7H2,1-2H3,(H,16,17,19). The highest BCUT2D eigenvalue weighted by atomic mass is 32.1. The van der Waals surface area contributed by atoms with Crippen LogP contribution in [0.2, 0.25) is 0 Å². The highest BCUT2D eigenvalue weighted by Gasteiger charge is 2.17. The van der Waals surface area contributed by atoms with Gasteiger partial charge in [0.2, 0.25) is 5.13 Å². The topological polar surface area (TPSA) is 59.8 Å². The Bertz CT molecular complexity index is 744. The summed E-state index contributed by atoms with van der Waals surface area (Å²) in [6.45, 7) is 4.78. The summed E-state index contributed by atoms with van der Waals surface area (Å²) in [6, 6.07) is 6.06. The van der Waals surface area contributed by atoms with E-state index in [4.69, 9.17) is 0 Å². The predicted molar refractivity (Wildman–Crippen MR) is 85.2 cm³/mol. The third-order valence-corrected chi connectivity index (χ3v) is 4.76. The van der Waals surface area contributed by atoms with Crippen LogP contribution in [0.25, 0.3) is 0 Å². The van der Waals surface area contributed by atoms with Crippen molar-refractivity contribution in [3.8, 4) is 0 Å². The summed E-state index contributed by atoms with van der Waals surface area (Å²) >= 11 is 3.03. The summed E-state index contributed by atoms with van der Waals surface area (Å²) in [5.41, 5.74) is 4.31. The van der Waals surface area contributed by atoms with Crippen molar-refractivity contribution in [1.82, 2.24) is 14.8 Å². The molecule has 0 aliphatic carbocycles. The first-order chi connectivity index (χ1) is 10.1. The first-order valence-electron chi connectivity index (χ1n) is 6.42. The molecule has 1 amide bonds. The van der Waals surface area contributed by atoms with Crippen molar-refractivity contribution >= 4 is 33.7 Å². The highest BCUT2D eigenvalue weighted by Crippen LogP contribution is 2.20. The van der Waals surface area contributed by atoms with Crippen molar-refractivity contribution in [2.45, 2.75) is 20.4 Å². The molecule has 3 heterocycles. The third-order valence-electron chi connectivity index (χ3n) is 3.29. The van der Waals surface area contributed by atoms with Gasteiger partial charge in [-0.2, -0.15) is 0 Å². The van der Waals surface area contributed by atoms with Gasteiger partial charge in [0.25, 0.3) is 5.91 Å². The lowest BCUT2D eigenvalue weighted by Crippen LogP contribution is -2.13. The van der Waals surface area contributed by atoms with E-state index in [9.17, 15) is 4.79 Å². The molecule has 0 saturated heterocycles. The van der Waals surface area contributed by atoms with Crippen LogP contribution in [0.3, 0.4) is 0 Å². The Morgan fingerprint density at radius 2 is 2.24 bits per heavy atom. The molecule has 0 aliphatic heterocycles. The molecule has 3 aromatic rings. The van der Waals surface area contributed by atoms with Crippen molar-refractivity contribution in [3.63, 3.8) is 0 Å². The summed E-state index contributed by atoms with van der Waals surface area (Å²) < 4.78 is 2.15. The minimum Gasteiger partial charge on any atom is -0.343 e. The zero-order valence-electron chi connectivity index (χ0n) is 11.7. The second-order valence-corrected chi connectivity index (χ2v) is 6.51. The predicted octanol–water partition coefficient (Wildman–Crippen LogP) is 3.32. The quantitative estimate of drug-likeness (QED) is 0.803. The van der Waals surface area contributed by atoms with Gasteiger partial charge in [-0.25, -0.2) is 0 Å². The van der Waals surface area contributed by atoms with Gasteiger partial charge >= 0.3 is 0 Å². The number of aromatic nitrogens is 3. The summed E-state index contributed by atoms with van der Waals surface area (Å²) in [5.74, 6) is -0.141. The molecule has 3 aromatic heterocycles. The van der Waals surface area contributed by atoms with Crippen LogP contribution in [-0.4, -0.2) is 20.7 Å². The molecule has 0 radical (unpaired) electrons. The molecule has 0 saturated carbocycles. The maximum Gasteiger partial charge on any atom is 0.259 e. The zero-order valence-corrected chi connectivity index (χ0v) is 13.3. The molecular formula is C14H14N4OS2. The van der Waals surface area contributed by atoms with Gasteiger partial charge < -0.3 is 4.57 Å². The number of anilines is 1. The minimum atomic E-state index is -0.141. The van der Waals surface area contributed by atoms with Gasteiger partial charge in [0, 0.05) is 16.3 Å². The summed E-state index contributed by atoms with van der Waals surface area (Å²) in [6.07, 6.45) is 0. The number of hydrogen-bond acceptors (Lipinski definition) is 5. The largest absolute Gasteiger partial charge is 0.343 e. The van der Waals surface area contributed by atoms with Crippen LogP contribution >= 0.6 is 22.7 Å². The van der Waals surface area contributed by atoms with E-state index in [1.807, 2.05) is 26.0 Å². The average molecular weight is 318 g/mol. The van der Waals surface area contributed by atoms with Crippen LogP contribution in [0.15, 0.2) is 29.1 Å². The fourth-order valence-corrected chi connectivity index (χ4v) is 3.36. The summed E-state index contributed by atoms with van der Waals surface area (Å²) in [4.78, 5) is 13.6. The monoisotopic (exact) mass is 318 g/mol. The van der Waals surface area contributed by atoms with E-state index in [-0.39, 0.29) is 5.91 Å². The summed E-state index contributed by atoms with van der Waals surface area (Å²) in [5, 5.41) is 12.9. The highest BCUT2D eigenvalue weighted by molar-refractivity contribution is 7.13. The number of thiophene rings is 1. The van der Waals surface area contributed by atoms with E-state index in [1.165, 1.54) is 16.2 Å². The van der Waals surface area contributed by atoms with E-state index in [2.05, 4.69) is 31.5 Å². The lowest BCUT2D eigenvalue weighted by molar-refractivity contribution is 0.102. The van der Waals surface area contributed by atoms with Crippen molar-refractivity contribution < 1.29 is 4.79 Å². The van der Waals surface area contributed by atoms with E-state index in [0.717, 1.165) is 17.9 Å². The Labute approximate surface area is 130 Å². The van der Waals surface area contributed by atoms with Crippen LogP contribution in [0, 0.1) is 13.8 Å². The number of amides is 1. The van der Waals surface area contributed by atoms with Gasteiger partial charge in [0.15, 0.2) is 0 Å². The van der Waals surface area contributed by atoms with E-state index in [1.54, 1.807) is 16.8 Å². The number of nitrogens with one attached hydrogen (secondary N) is 1. The molecule has 1 N–H and O–H groups in total. The normalized spacial score (nSPS) is 10.8. The Kier molecular flexibility index (Phi) is 3.85. The Balaban J connectivity index is 1.85. The molecule has 108 valence electrons. The number of hydrogen-bond donors (Lipinski definition) is 1. The maximum atomic E-state index is 12.3. The Hall–Kier alpha value is -1.99. The van der Waals surface area contributed by atoms with E-state index < -0.39 is 0 Å². The molecular weight excluding hydrogens is 304 g/mol. The molecule has 21 heavy (non-hydrogen) atoms. The Morgan fingerprint density at radius 1 is 1.38 bits per heavy atom. The molecule has 0 aliphatic rings. The van der Waals surface area contributed by atoms with Gasteiger partial charge in [-0.15, -0.1) is 21.5 Å². The van der Waals surface area contributed by atoms with Gasteiger partial charge in [-0.3, -0.25) is 10.1 Å². The molecule has 0 spiro atoms. The lowest BCUT2D eigenvalue weighted by Gasteiger charge is -2.08. The first-order valence-corrected chi connectivity index (χ1v) is 8.17. The first kappa shape index (κ1) is 14.0. The van der Waals surface area contributed by atoms with Gasteiger partial charge in [0.05, 0.1) is 12.1 Å². The summed E-state index contributed by atoms with van der Waals surface area (Å²) in [7, 11) is 0. The second-order valence-electron chi connectivity index (χ2n) is 4.65. The van der Waals surface area contributed by atoms with Crippen LogP contribution < -0.4 is 5.32 Å². The number of carbonyl (C=O) groups excluding carboxylic acids is 1. The SMILES string of the molecule is Cc1cc(C(=O)Nc2nncs2)c(C)n1Cc1cccs1. The molecule has 7 heteroatoms. The van der Waals surface area contributed by atoms with Gasteiger partial charge in [0.1, 0.15) is 5.51 Å². The average Bonchev–Trinajstić information content (AvgIpc) is 3.17.